The molecule has 0 radical (unpaired) electrons. The maximum Gasteiger partial charge on any atom is 0.127 e. The van der Waals surface area contributed by atoms with E-state index >= 15 is 0 Å². The number of ether oxygens (including phenoxy) is 1. The molecule has 0 saturated carbocycles. The van der Waals surface area contributed by atoms with Gasteiger partial charge < -0.3 is 9.84 Å². The van der Waals surface area contributed by atoms with Gasteiger partial charge in [-0.2, -0.15) is 5.26 Å². The van der Waals surface area contributed by atoms with Gasteiger partial charge in [0.15, 0.2) is 0 Å². The molecule has 0 spiro atoms. The Morgan fingerprint density at radius 1 is 1.39 bits per heavy atom. The van der Waals surface area contributed by atoms with Crippen molar-refractivity contribution in [2.24, 2.45) is 5.41 Å². The average Bonchev–Trinajstić information content (AvgIpc) is 2.34. The number of nitriles is 1. The smallest absolute Gasteiger partial charge is 0.127 e. The molecule has 0 aliphatic carbocycles. The van der Waals surface area contributed by atoms with E-state index in [1.165, 1.54) is 12.1 Å². The molecule has 0 saturated heterocycles. The molecule has 0 aliphatic heterocycles. The SMILES string of the molecule is CC(C)(C#N)CCCOc1cc(F)cc(CO)c1. The summed E-state index contributed by atoms with van der Waals surface area (Å²) in [7, 11) is 0. The summed E-state index contributed by atoms with van der Waals surface area (Å²) in [5.41, 5.74) is 0.129. The molecular formula is C14H18FNO2. The Morgan fingerprint density at radius 3 is 2.72 bits per heavy atom. The summed E-state index contributed by atoms with van der Waals surface area (Å²) in [5.74, 6) is -0.0114. The van der Waals surface area contributed by atoms with Gasteiger partial charge in [0.05, 0.1) is 24.7 Å². The maximum absolute atomic E-state index is 13.1. The highest BCUT2D eigenvalue weighted by molar-refractivity contribution is 5.29. The van der Waals surface area contributed by atoms with Crippen molar-refractivity contribution in [1.82, 2.24) is 0 Å². The minimum Gasteiger partial charge on any atom is -0.493 e. The van der Waals surface area contributed by atoms with Gasteiger partial charge in [-0.3, -0.25) is 0 Å². The summed E-state index contributed by atoms with van der Waals surface area (Å²) in [4.78, 5) is 0. The Bertz CT molecular complexity index is 438. The van der Waals surface area contributed by atoms with E-state index < -0.39 is 5.82 Å². The molecule has 0 unspecified atom stereocenters. The highest BCUT2D eigenvalue weighted by atomic mass is 19.1. The molecule has 0 amide bonds. The van der Waals surface area contributed by atoms with Crippen LogP contribution in [0.3, 0.4) is 0 Å². The van der Waals surface area contributed by atoms with Crippen LogP contribution in [0, 0.1) is 22.6 Å². The summed E-state index contributed by atoms with van der Waals surface area (Å²) in [6, 6.07) is 6.38. The second-order valence-electron chi connectivity index (χ2n) is 4.90. The van der Waals surface area contributed by atoms with E-state index in [-0.39, 0.29) is 12.0 Å². The summed E-state index contributed by atoms with van der Waals surface area (Å²) < 4.78 is 18.5. The summed E-state index contributed by atoms with van der Waals surface area (Å²) >= 11 is 0. The topological polar surface area (TPSA) is 53.2 Å². The van der Waals surface area contributed by atoms with Gasteiger partial charge in [-0.05, 0) is 44.4 Å². The normalized spacial score (nSPS) is 11.1. The maximum atomic E-state index is 13.1. The number of aliphatic hydroxyl groups is 1. The molecule has 98 valence electrons. The fraction of sp³-hybridized carbons (Fsp3) is 0.500. The van der Waals surface area contributed by atoms with Gasteiger partial charge in [0.1, 0.15) is 11.6 Å². The Hall–Kier alpha value is -1.60. The third-order valence-corrected chi connectivity index (χ3v) is 2.63. The van der Waals surface area contributed by atoms with Gasteiger partial charge in [0.25, 0.3) is 0 Å². The zero-order valence-electron chi connectivity index (χ0n) is 10.7. The Morgan fingerprint density at radius 2 is 2.11 bits per heavy atom. The van der Waals surface area contributed by atoms with E-state index in [1.54, 1.807) is 6.07 Å². The fourth-order valence-corrected chi connectivity index (χ4v) is 1.56. The van der Waals surface area contributed by atoms with Crippen molar-refractivity contribution in [2.45, 2.75) is 33.3 Å². The molecule has 1 N–H and O–H groups in total. The van der Waals surface area contributed by atoms with Crippen LogP contribution in [0.4, 0.5) is 4.39 Å². The first-order valence-electron chi connectivity index (χ1n) is 5.91. The van der Waals surface area contributed by atoms with Crippen LogP contribution in [-0.4, -0.2) is 11.7 Å². The molecule has 0 atom stereocenters. The van der Waals surface area contributed by atoms with Crippen molar-refractivity contribution in [3.8, 4) is 11.8 Å². The standard InChI is InChI=1S/C14H18FNO2/c1-14(2,10-16)4-3-5-18-13-7-11(9-17)6-12(15)8-13/h6-8,17H,3-5,9H2,1-2H3. The van der Waals surface area contributed by atoms with Crippen molar-refractivity contribution in [3.63, 3.8) is 0 Å². The van der Waals surface area contributed by atoms with Crippen LogP contribution < -0.4 is 4.74 Å². The molecule has 3 nitrogen and oxygen atoms in total. The Kier molecular flexibility index (Phi) is 5.11. The minimum absolute atomic E-state index is 0.213. The first-order valence-corrected chi connectivity index (χ1v) is 5.91. The summed E-state index contributed by atoms with van der Waals surface area (Å²) in [5, 5.41) is 17.8. The number of benzene rings is 1. The molecular weight excluding hydrogens is 233 g/mol. The molecule has 0 fully saturated rings. The zero-order valence-corrected chi connectivity index (χ0v) is 10.7. The van der Waals surface area contributed by atoms with Gasteiger partial charge in [0, 0.05) is 6.07 Å². The van der Waals surface area contributed by atoms with Crippen LogP contribution in [0.2, 0.25) is 0 Å². The highest BCUT2D eigenvalue weighted by Gasteiger charge is 2.15. The molecule has 1 aromatic rings. The summed E-state index contributed by atoms with van der Waals surface area (Å²) in [6.45, 7) is 3.97. The van der Waals surface area contributed by atoms with Crippen LogP contribution in [0.1, 0.15) is 32.3 Å². The van der Waals surface area contributed by atoms with E-state index in [0.717, 1.165) is 12.8 Å². The molecule has 1 rings (SSSR count). The lowest BCUT2D eigenvalue weighted by molar-refractivity contribution is 0.272. The number of hydrogen-bond donors (Lipinski definition) is 1. The van der Waals surface area contributed by atoms with Crippen molar-refractivity contribution >= 4 is 0 Å². The van der Waals surface area contributed by atoms with Crippen LogP contribution in [-0.2, 0) is 6.61 Å². The molecule has 0 aromatic heterocycles. The van der Waals surface area contributed by atoms with Crippen molar-refractivity contribution in [3.05, 3.63) is 29.6 Å². The van der Waals surface area contributed by atoms with E-state index in [4.69, 9.17) is 15.1 Å². The summed E-state index contributed by atoms with van der Waals surface area (Å²) in [6.07, 6.45) is 1.46. The van der Waals surface area contributed by atoms with Crippen LogP contribution >= 0.6 is 0 Å². The molecule has 4 heteroatoms. The van der Waals surface area contributed by atoms with Gasteiger partial charge in [-0.1, -0.05) is 0 Å². The lowest BCUT2D eigenvalue weighted by atomic mass is 9.90. The lowest BCUT2D eigenvalue weighted by Gasteiger charge is -2.15. The van der Waals surface area contributed by atoms with Crippen molar-refractivity contribution in [1.29, 1.82) is 5.26 Å². The van der Waals surface area contributed by atoms with E-state index in [0.29, 0.717) is 17.9 Å². The molecule has 1 aromatic carbocycles. The molecule has 18 heavy (non-hydrogen) atoms. The third kappa shape index (κ3) is 4.72. The van der Waals surface area contributed by atoms with E-state index in [1.807, 2.05) is 13.8 Å². The van der Waals surface area contributed by atoms with Crippen LogP contribution in [0.5, 0.6) is 5.75 Å². The van der Waals surface area contributed by atoms with Gasteiger partial charge in [-0.25, -0.2) is 4.39 Å². The largest absolute Gasteiger partial charge is 0.493 e. The second kappa shape index (κ2) is 6.36. The first-order chi connectivity index (χ1) is 8.46. The number of nitrogens with zero attached hydrogens (tertiary/aromatic N) is 1. The molecule has 0 heterocycles. The predicted octanol–water partition coefficient (Wildman–Crippen LogP) is 3.03. The predicted molar refractivity (Wildman–Crippen MR) is 66.4 cm³/mol. The highest BCUT2D eigenvalue weighted by Crippen LogP contribution is 2.21. The second-order valence-corrected chi connectivity index (χ2v) is 4.90. The fourth-order valence-electron chi connectivity index (χ4n) is 1.56. The van der Waals surface area contributed by atoms with Crippen molar-refractivity contribution in [2.75, 3.05) is 6.61 Å². The van der Waals surface area contributed by atoms with E-state index in [9.17, 15) is 4.39 Å². The Labute approximate surface area is 107 Å². The Balaban J connectivity index is 2.45. The van der Waals surface area contributed by atoms with Crippen LogP contribution in [0.15, 0.2) is 18.2 Å². The number of halogens is 1. The third-order valence-electron chi connectivity index (χ3n) is 2.63. The van der Waals surface area contributed by atoms with Gasteiger partial charge in [-0.15, -0.1) is 0 Å². The average molecular weight is 251 g/mol. The zero-order chi connectivity index (χ0) is 13.6. The first kappa shape index (κ1) is 14.5. The molecule has 0 aliphatic rings. The molecule has 0 bridgehead atoms. The van der Waals surface area contributed by atoms with Crippen molar-refractivity contribution < 1.29 is 14.2 Å². The quantitative estimate of drug-likeness (QED) is 0.791. The van der Waals surface area contributed by atoms with Gasteiger partial charge in [0.2, 0.25) is 0 Å². The monoisotopic (exact) mass is 251 g/mol. The number of hydrogen-bond acceptors (Lipinski definition) is 3. The van der Waals surface area contributed by atoms with Crippen LogP contribution in [0.25, 0.3) is 0 Å². The number of rotatable bonds is 6. The van der Waals surface area contributed by atoms with E-state index in [2.05, 4.69) is 6.07 Å². The number of aliphatic hydroxyl groups excluding tert-OH is 1. The lowest BCUT2D eigenvalue weighted by Crippen LogP contribution is -2.10. The van der Waals surface area contributed by atoms with Gasteiger partial charge >= 0.3 is 0 Å². The minimum atomic E-state index is -0.422.